The number of hydrogen-bond donors (Lipinski definition) is 2. The lowest BCUT2D eigenvalue weighted by molar-refractivity contribution is -0.143. The van der Waals surface area contributed by atoms with E-state index < -0.39 is 0 Å². The Labute approximate surface area is 226 Å². The summed E-state index contributed by atoms with van der Waals surface area (Å²) in [6, 6.07) is 15.8. The Balaban J connectivity index is 1.35. The van der Waals surface area contributed by atoms with Crippen molar-refractivity contribution in [3.63, 3.8) is 0 Å². The highest BCUT2D eigenvalue weighted by atomic mass is 16.5. The van der Waals surface area contributed by atoms with E-state index in [1.807, 2.05) is 18.2 Å². The second-order valence-corrected chi connectivity index (χ2v) is 9.70. The predicted molar refractivity (Wildman–Crippen MR) is 146 cm³/mol. The van der Waals surface area contributed by atoms with Crippen LogP contribution in [0.4, 0.5) is 0 Å². The summed E-state index contributed by atoms with van der Waals surface area (Å²) < 4.78 is 17.2. The number of carbonyl (C=O) groups is 2. The third-order valence-electron chi connectivity index (χ3n) is 6.92. The summed E-state index contributed by atoms with van der Waals surface area (Å²) in [5.41, 5.74) is 4.02. The fourth-order valence-electron chi connectivity index (χ4n) is 4.89. The van der Waals surface area contributed by atoms with Gasteiger partial charge in [-0.05, 0) is 92.6 Å². The van der Waals surface area contributed by atoms with Crippen molar-refractivity contribution in [3.8, 4) is 17.2 Å². The number of ketones is 1. The fraction of sp³-hybridized carbons (Fsp3) is 0.323. The molecule has 1 heterocycles. The Kier molecular flexibility index (Phi) is 8.10. The summed E-state index contributed by atoms with van der Waals surface area (Å²) in [5.74, 6) is 0.361. The van der Waals surface area contributed by atoms with Gasteiger partial charge in [0.2, 0.25) is 0 Å². The van der Waals surface area contributed by atoms with Gasteiger partial charge in [-0.1, -0.05) is 6.07 Å². The van der Waals surface area contributed by atoms with Crippen LogP contribution in [0.1, 0.15) is 66.1 Å². The number of nitrogens with zero attached hydrogens (tertiary/aromatic N) is 1. The Morgan fingerprint density at radius 2 is 1.90 bits per heavy atom. The van der Waals surface area contributed by atoms with Gasteiger partial charge < -0.3 is 24.3 Å². The van der Waals surface area contributed by atoms with E-state index in [-0.39, 0.29) is 35.6 Å². The standard InChI is InChI=1S/C31H32N2O6/c1-2-37-30(35)14-9-21-16-22(8-13-29(21)38-18-20-7-12-26-27(15-20)33-19-32-26)31(36)25-11-10-24(17-28(25)34)39-23-5-3-4-6-23/h7-8,10-13,15-17,19,23,34H,2-6,9,14,18H2,1H3,(H,32,33). The molecule has 0 radical (unpaired) electrons. The fourth-order valence-corrected chi connectivity index (χ4v) is 4.89. The highest BCUT2D eigenvalue weighted by Crippen LogP contribution is 2.31. The van der Waals surface area contributed by atoms with Crippen LogP contribution in [0.25, 0.3) is 11.0 Å². The molecular weight excluding hydrogens is 496 g/mol. The molecule has 8 heteroatoms. The van der Waals surface area contributed by atoms with Gasteiger partial charge in [0.1, 0.15) is 23.9 Å². The molecule has 0 unspecified atom stereocenters. The topological polar surface area (TPSA) is 111 Å². The minimum absolute atomic E-state index is 0.127. The normalized spacial score (nSPS) is 13.5. The Bertz CT molecular complexity index is 1470. The maximum absolute atomic E-state index is 13.4. The number of benzene rings is 3. The molecule has 1 aromatic heterocycles. The number of aromatic nitrogens is 2. The van der Waals surface area contributed by atoms with Crippen molar-refractivity contribution in [2.75, 3.05) is 6.61 Å². The number of phenols is 1. The first-order valence-corrected chi connectivity index (χ1v) is 13.4. The molecule has 1 saturated carbocycles. The summed E-state index contributed by atoms with van der Waals surface area (Å²) >= 11 is 0. The number of aryl methyl sites for hydroxylation is 1. The molecule has 1 aliphatic carbocycles. The minimum atomic E-state index is -0.325. The molecule has 202 valence electrons. The van der Waals surface area contributed by atoms with E-state index in [0.717, 1.165) is 42.3 Å². The number of ether oxygens (including phenoxy) is 3. The van der Waals surface area contributed by atoms with Crippen molar-refractivity contribution in [2.45, 2.75) is 58.2 Å². The van der Waals surface area contributed by atoms with Crippen LogP contribution in [0.2, 0.25) is 0 Å². The lowest BCUT2D eigenvalue weighted by Crippen LogP contribution is -2.11. The second kappa shape index (κ2) is 12.0. The number of imidazole rings is 1. The van der Waals surface area contributed by atoms with Gasteiger partial charge in [0.25, 0.3) is 0 Å². The van der Waals surface area contributed by atoms with E-state index in [1.54, 1.807) is 43.6 Å². The van der Waals surface area contributed by atoms with E-state index in [4.69, 9.17) is 14.2 Å². The second-order valence-electron chi connectivity index (χ2n) is 9.70. The van der Waals surface area contributed by atoms with Gasteiger partial charge in [0.05, 0.1) is 35.6 Å². The largest absolute Gasteiger partial charge is 0.507 e. The molecule has 3 aromatic carbocycles. The number of carbonyl (C=O) groups excluding carboxylic acids is 2. The third-order valence-corrected chi connectivity index (χ3v) is 6.92. The first-order valence-electron chi connectivity index (χ1n) is 13.4. The number of esters is 1. The quantitative estimate of drug-likeness (QED) is 0.184. The van der Waals surface area contributed by atoms with Gasteiger partial charge in [-0.2, -0.15) is 0 Å². The molecule has 1 fully saturated rings. The van der Waals surface area contributed by atoms with Crippen LogP contribution in [0.5, 0.6) is 17.2 Å². The zero-order chi connectivity index (χ0) is 27.2. The molecule has 0 atom stereocenters. The van der Waals surface area contributed by atoms with Gasteiger partial charge in [-0.25, -0.2) is 4.98 Å². The summed E-state index contributed by atoms with van der Waals surface area (Å²) in [4.78, 5) is 32.8. The predicted octanol–water partition coefficient (Wildman–Crippen LogP) is 5.90. The first kappa shape index (κ1) is 26.3. The average Bonchev–Trinajstić information content (AvgIpc) is 3.63. The molecule has 0 spiro atoms. The van der Waals surface area contributed by atoms with Gasteiger partial charge in [0.15, 0.2) is 5.78 Å². The first-order chi connectivity index (χ1) is 19.0. The number of fused-ring (bicyclic) bond motifs is 1. The zero-order valence-electron chi connectivity index (χ0n) is 21.9. The van der Waals surface area contributed by atoms with Crippen molar-refractivity contribution in [1.82, 2.24) is 9.97 Å². The molecule has 4 aromatic rings. The molecule has 39 heavy (non-hydrogen) atoms. The number of rotatable bonds is 11. The van der Waals surface area contributed by atoms with Crippen molar-refractivity contribution in [3.05, 3.63) is 83.2 Å². The van der Waals surface area contributed by atoms with Gasteiger partial charge in [0, 0.05) is 18.1 Å². The summed E-state index contributed by atoms with van der Waals surface area (Å²) in [5, 5.41) is 10.6. The number of H-pyrrole nitrogens is 1. The molecule has 1 aliphatic rings. The van der Waals surface area contributed by atoms with Crippen molar-refractivity contribution in [2.24, 2.45) is 0 Å². The van der Waals surface area contributed by atoms with Crippen LogP contribution in [-0.2, 0) is 22.6 Å². The van der Waals surface area contributed by atoms with Crippen LogP contribution in [-0.4, -0.2) is 39.5 Å². The van der Waals surface area contributed by atoms with Gasteiger partial charge in [-0.15, -0.1) is 0 Å². The minimum Gasteiger partial charge on any atom is -0.507 e. The smallest absolute Gasteiger partial charge is 0.306 e. The molecule has 0 saturated heterocycles. The van der Waals surface area contributed by atoms with E-state index in [2.05, 4.69) is 9.97 Å². The van der Waals surface area contributed by atoms with Gasteiger partial charge >= 0.3 is 5.97 Å². The lowest BCUT2D eigenvalue weighted by atomic mass is 9.98. The van der Waals surface area contributed by atoms with Crippen LogP contribution in [0.3, 0.4) is 0 Å². The molecule has 0 aliphatic heterocycles. The summed E-state index contributed by atoms with van der Waals surface area (Å²) in [6.45, 7) is 2.37. The highest BCUT2D eigenvalue weighted by molar-refractivity contribution is 6.11. The molecule has 0 bridgehead atoms. The van der Waals surface area contributed by atoms with E-state index >= 15 is 0 Å². The Morgan fingerprint density at radius 3 is 2.69 bits per heavy atom. The monoisotopic (exact) mass is 528 g/mol. The summed E-state index contributed by atoms with van der Waals surface area (Å²) in [7, 11) is 0. The average molecular weight is 529 g/mol. The molecule has 5 rings (SSSR count). The van der Waals surface area contributed by atoms with Crippen LogP contribution >= 0.6 is 0 Å². The maximum atomic E-state index is 13.4. The molecule has 0 amide bonds. The van der Waals surface area contributed by atoms with E-state index in [9.17, 15) is 14.7 Å². The Morgan fingerprint density at radius 1 is 1.05 bits per heavy atom. The molecular formula is C31H32N2O6. The van der Waals surface area contributed by atoms with Crippen molar-refractivity contribution >= 4 is 22.8 Å². The number of nitrogens with one attached hydrogen (secondary N) is 1. The number of hydrogen-bond acceptors (Lipinski definition) is 7. The number of phenolic OH excluding ortho intramolecular Hbond substituents is 1. The van der Waals surface area contributed by atoms with Crippen LogP contribution in [0, 0.1) is 0 Å². The van der Waals surface area contributed by atoms with Crippen LogP contribution < -0.4 is 9.47 Å². The maximum Gasteiger partial charge on any atom is 0.306 e. The molecule has 2 N–H and O–H groups in total. The zero-order valence-corrected chi connectivity index (χ0v) is 21.9. The number of aromatic hydroxyl groups is 1. The van der Waals surface area contributed by atoms with E-state index in [0.29, 0.717) is 42.3 Å². The highest BCUT2D eigenvalue weighted by Gasteiger charge is 2.20. The van der Waals surface area contributed by atoms with E-state index in [1.165, 1.54) is 6.07 Å². The number of aromatic amines is 1. The lowest BCUT2D eigenvalue weighted by Gasteiger charge is -2.15. The van der Waals surface area contributed by atoms with Gasteiger partial charge in [-0.3, -0.25) is 9.59 Å². The van der Waals surface area contributed by atoms with Crippen molar-refractivity contribution < 1.29 is 28.9 Å². The molecule has 8 nitrogen and oxygen atoms in total. The SMILES string of the molecule is CCOC(=O)CCc1cc(C(=O)c2ccc(OC3CCCC3)cc2O)ccc1OCc1ccc2nc[nH]c2c1. The van der Waals surface area contributed by atoms with Crippen LogP contribution in [0.15, 0.2) is 60.9 Å². The van der Waals surface area contributed by atoms with Crippen molar-refractivity contribution in [1.29, 1.82) is 0 Å². The summed E-state index contributed by atoms with van der Waals surface area (Å²) in [6.07, 6.45) is 6.59. The third kappa shape index (κ3) is 6.39. The Hall–Kier alpha value is -4.33.